The summed E-state index contributed by atoms with van der Waals surface area (Å²) >= 11 is 1.54. The molecule has 0 radical (unpaired) electrons. The number of rotatable bonds is 6. The van der Waals surface area contributed by atoms with Crippen LogP contribution in [-0.2, 0) is 11.3 Å². The number of hydrogen-bond donors (Lipinski definition) is 1. The van der Waals surface area contributed by atoms with E-state index in [0.717, 1.165) is 30.4 Å². The Morgan fingerprint density at radius 2 is 1.68 bits per heavy atom. The Balaban J connectivity index is 1.53. The van der Waals surface area contributed by atoms with Crippen molar-refractivity contribution in [2.45, 2.75) is 101 Å². The van der Waals surface area contributed by atoms with Crippen LogP contribution in [0.1, 0.15) is 89.3 Å². The molecule has 3 rings (SSSR count). The second kappa shape index (κ2) is 9.60. The molecule has 1 aromatic rings. The summed E-state index contributed by atoms with van der Waals surface area (Å²) in [6, 6.07) is 0.373. The number of carbonyl (C=O) groups excluding carboxylic acids is 1. The van der Waals surface area contributed by atoms with Crippen LogP contribution >= 0.6 is 11.8 Å². The smallest absolute Gasteiger partial charge is 0.230 e. The number of nitrogens with one attached hydrogen (secondary N) is 1. The van der Waals surface area contributed by atoms with Crippen molar-refractivity contribution in [1.29, 1.82) is 0 Å². The molecular formula is C19H32N4OS. The molecule has 0 atom stereocenters. The molecule has 0 unspecified atom stereocenters. The maximum atomic E-state index is 12.3. The van der Waals surface area contributed by atoms with Crippen LogP contribution in [0.5, 0.6) is 0 Å². The number of nitrogens with zero attached hydrogens (tertiary/aromatic N) is 3. The van der Waals surface area contributed by atoms with Gasteiger partial charge >= 0.3 is 0 Å². The minimum atomic E-state index is 0.141. The summed E-state index contributed by atoms with van der Waals surface area (Å²) in [6.07, 6.45) is 13.8. The molecule has 0 bridgehead atoms. The van der Waals surface area contributed by atoms with Crippen LogP contribution in [0.2, 0.25) is 0 Å². The third-order valence-corrected chi connectivity index (χ3v) is 6.55. The van der Waals surface area contributed by atoms with E-state index in [4.69, 9.17) is 0 Å². The fourth-order valence-electron chi connectivity index (χ4n) is 4.19. The summed E-state index contributed by atoms with van der Waals surface area (Å²) in [5, 5.41) is 13.0. The average molecular weight is 365 g/mol. The van der Waals surface area contributed by atoms with Crippen molar-refractivity contribution in [3.8, 4) is 0 Å². The van der Waals surface area contributed by atoms with E-state index in [-0.39, 0.29) is 5.91 Å². The summed E-state index contributed by atoms with van der Waals surface area (Å²) < 4.78 is 2.22. The molecule has 2 aliphatic rings. The van der Waals surface area contributed by atoms with E-state index in [9.17, 15) is 4.79 Å². The molecule has 1 N–H and O–H groups in total. The van der Waals surface area contributed by atoms with Gasteiger partial charge in [0.15, 0.2) is 5.16 Å². The van der Waals surface area contributed by atoms with Gasteiger partial charge in [-0.2, -0.15) is 0 Å². The van der Waals surface area contributed by atoms with E-state index in [1.54, 1.807) is 0 Å². The van der Waals surface area contributed by atoms with Crippen LogP contribution in [0.4, 0.5) is 0 Å². The Bertz CT molecular complexity index is 546. The lowest BCUT2D eigenvalue weighted by Crippen LogP contribution is -2.35. The number of hydrogen-bond acceptors (Lipinski definition) is 4. The largest absolute Gasteiger partial charge is 0.353 e. The number of amides is 1. The van der Waals surface area contributed by atoms with Gasteiger partial charge in [0.05, 0.1) is 5.75 Å². The maximum Gasteiger partial charge on any atom is 0.230 e. The van der Waals surface area contributed by atoms with Crippen LogP contribution in [0, 0.1) is 0 Å². The zero-order valence-electron chi connectivity index (χ0n) is 15.5. The van der Waals surface area contributed by atoms with Gasteiger partial charge in [-0.1, -0.05) is 56.7 Å². The molecule has 2 fully saturated rings. The summed E-state index contributed by atoms with van der Waals surface area (Å²) in [7, 11) is 0. The number of aromatic nitrogens is 3. The Kier molecular flexibility index (Phi) is 7.20. The van der Waals surface area contributed by atoms with Crippen molar-refractivity contribution in [2.75, 3.05) is 5.75 Å². The molecule has 0 aromatic carbocycles. The minimum absolute atomic E-state index is 0.141. The van der Waals surface area contributed by atoms with Crippen LogP contribution in [-0.4, -0.2) is 32.5 Å². The van der Waals surface area contributed by atoms with Crippen molar-refractivity contribution in [3.63, 3.8) is 0 Å². The van der Waals surface area contributed by atoms with Gasteiger partial charge in [0.25, 0.3) is 0 Å². The Morgan fingerprint density at radius 1 is 1.04 bits per heavy atom. The molecule has 0 aliphatic heterocycles. The van der Waals surface area contributed by atoms with Crippen molar-refractivity contribution in [2.24, 2.45) is 0 Å². The van der Waals surface area contributed by atoms with Crippen molar-refractivity contribution >= 4 is 17.7 Å². The number of thioether (sulfide) groups is 1. The predicted octanol–water partition coefficient (Wildman–Crippen LogP) is 4.28. The maximum absolute atomic E-state index is 12.3. The van der Waals surface area contributed by atoms with Crippen molar-refractivity contribution in [1.82, 2.24) is 20.1 Å². The van der Waals surface area contributed by atoms with E-state index in [2.05, 4.69) is 27.0 Å². The summed E-state index contributed by atoms with van der Waals surface area (Å²) in [5.74, 6) is 2.27. The summed E-state index contributed by atoms with van der Waals surface area (Å²) in [6.45, 7) is 3.02. The molecule has 2 saturated carbocycles. The Hall–Kier alpha value is -1.04. The molecule has 5 nitrogen and oxygen atoms in total. The SMILES string of the molecule is CCn1c(SCC(=O)NC2CCCCCC2)nnc1C1CCCCC1. The second-order valence-corrected chi connectivity index (χ2v) is 8.41. The molecule has 0 spiro atoms. The third-order valence-electron chi connectivity index (χ3n) is 5.58. The predicted molar refractivity (Wildman–Crippen MR) is 102 cm³/mol. The van der Waals surface area contributed by atoms with Gasteiger partial charge in [-0.3, -0.25) is 4.79 Å². The van der Waals surface area contributed by atoms with Gasteiger partial charge in [-0.25, -0.2) is 0 Å². The second-order valence-electron chi connectivity index (χ2n) is 7.46. The normalized spacial score (nSPS) is 20.4. The van der Waals surface area contributed by atoms with Crippen molar-refractivity contribution in [3.05, 3.63) is 5.82 Å². The third kappa shape index (κ3) is 5.22. The highest BCUT2D eigenvalue weighted by Crippen LogP contribution is 2.33. The molecule has 6 heteroatoms. The summed E-state index contributed by atoms with van der Waals surface area (Å²) in [5.41, 5.74) is 0. The first-order valence-electron chi connectivity index (χ1n) is 10.1. The minimum Gasteiger partial charge on any atom is -0.353 e. The monoisotopic (exact) mass is 364 g/mol. The van der Waals surface area contributed by atoms with Crippen LogP contribution in [0.3, 0.4) is 0 Å². The van der Waals surface area contributed by atoms with E-state index in [1.807, 2.05) is 0 Å². The first-order chi connectivity index (χ1) is 12.3. The van der Waals surface area contributed by atoms with E-state index < -0.39 is 0 Å². The lowest BCUT2D eigenvalue weighted by molar-refractivity contribution is -0.119. The van der Waals surface area contributed by atoms with Crippen molar-refractivity contribution < 1.29 is 4.79 Å². The van der Waals surface area contributed by atoms with Crippen LogP contribution in [0.25, 0.3) is 0 Å². The molecule has 0 saturated heterocycles. The molecule has 25 heavy (non-hydrogen) atoms. The van der Waals surface area contributed by atoms with Gasteiger partial charge in [-0.05, 0) is 32.6 Å². The highest BCUT2D eigenvalue weighted by Gasteiger charge is 2.23. The first kappa shape index (κ1) is 18.7. The molecule has 2 aliphatic carbocycles. The summed E-state index contributed by atoms with van der Waals surface area (Å²) in [4.78, 5) is 12.3. The highest BCUT2D eigenvalue weighted by atomic mass is 32.2. The lowest BCUT2D eigenvalue weighted by atomic mass is 9.89. The lowest BCUT2D eigenvalue weighted by Gasteiger charge is -2.21. The van der Waals surface area contributed by atoms with E-state index in [1.165, 1.54) is 69.5 Å². The van der Waals surface area contributed by atoms with Gasteiger partial charge in [0, 0.05) is 18.5 Å². The fraction of sp³-hybridized carbons (Fsp3) is 0.842. The average Bonchev–Trinajstić information content (AvgIpc) is 2.89. The van der Waals surface area contributed by atoms with Gasteiger partial charge < -0.3 is 9.88 Å². The molecular weight excluding hydrogens is 332 g/mol. The first-order valence-corrected chi connectivity index (χ1v) is 11.1. The van der Waals surface area contributed by atoms with E-state index in [0.29, 0.717) is 17.7 Å². The van der Waals surface area contributed by atoms with Gasteiger partial charge in [-0.15, -0.1) is 10.2 Å². The standard InChI is InChI=1S/C19H32N4OS/c1-2-23-18(15-10-6-5-7-11-15)21-22-19(23)25-14-17(24)20-16-12-8-3-4-9-13-16/h15-16H,2-14H2,1H3,(H,20,24). The molecule has 1 aromatic heterocycles. The molecule has 1 amide bonds. The fourth-order valence-corrected chi connectivity index (χ4v) is 5.01. The van der Waals surface area contributed by atoms with Gasteiger partial charge in [0.2, 0.25) is 5.91 Å². The Morgan fingerprint density at radius 3 is 2.36 bits per heavy atom. The molecule has 1 heterocycles. The topological polar surface area (TPSA) is 59.8 Å². The Labute approximate surface area is 155 Å². The van der Waals surface area contributed by atoms with Crippen LogP contribution < -0.4 is 5.32 Å². The van der Waals surface area contributed by atoms with Gasteiger partial charge in [0.1, 0.15) is 5.82 Å². The zero-order valence-corrected chi connectivity index (χ0v) is 16.3. The highest BCUT2D eigenvalue weighted by molar-refractivity contribution is 7.99. The molecule has 140 valence electrons. The quantitative estimate of drug-likeness (QED) is 0.605. The zero-order chi connectivity index (χ0) is 17.5. The van der Waals surface area contributed by atoms with Crippen LogP contribution in [0.15, 0.2) is 5.16 Å². The van der Waals surface area contributed by atoms with E-state index >= 15 is 0 Å². The number of carbonyl (C=O) groups is 1.